The van der Waals surface area contributed by atoms with Gasteiger partial charge in [0, 0.05) is 29.9 Å². The summed E-state index contributed by atoms with van der Waals surface area (Å²) in [7, 11) is 1.88. The molecule has 0 bridgehead atoms. The fourth-order valence-corrected chi connectivity index (χ4v) is 4.58. The summed E-state index contributed by atoms with van der Waals surface area (Å²) in [5.41, 5.74) is -0.841. The van der Waals surface area contributed by atoms with Crippen molar-refractivity contribution in [2.24, 2.45) is 5.41 Å². The molecule has 2 rings (SSSR count). The van der Waals surface area contributed by atoms with Crippen molar-refractivity contribution in [3.8, 4) is 5.75 Å². The number of amides is 1. The molecule has 30 heavy (non-hydrogen) atoms. The molecule has 1 saturated carbocycles. The van der Waals surface area contributed by atoms with Crippen LogP contribution in [0.1, 0.15) is 66.2 Å². The number of allylic oxidation sites excluding steroid dienone is 1. The van der Waals surface area contributed by atoms with Crippen LogP contribution in [0.2, 0.25) is 10.0 Å². The van der Waals surface area contributed by atoms with Crippen molar-refractivity contribution in [3.05, 3.63) is 40.9 Å². The lowest BCUT2D eigenvalue weighted by molar-refractivity contribution is -0.132. The fraction of sp³-hybridized carbons (Fsp3) is 0.625. The van der Waals surface area contributed by atoms with E-state index in [1.165, 1.54) is 0 Å². The van der Waals surface area contributed by atoms with Crippen molar-refractivity contribution in [2.45, 2.75) is 77.9 Å². The molecular weight excluding hydrogens is 421 g/mol. The third kappa shape index (κ3) is 7.18. The number of rotatable bonds is 8. The van der Waals surface area contributed by atoms with Crippen molar-refractivity contribution in [3.63, 3.8) is 0 Å². The van der Waals surface area contributed by atoms with Crippen LogP contribution in [0.3, 0.4) is 0 Å². The molecule has 2 atom stereocenters. The lowest BCUT2D eigenvalue weighted by atomic mass is 9.70. The zero-order valence-electron chi connectivity index (χ0n) is 19.0. The Kier molecular flexibility index (Phi) is 10.7. The maximum atomic E-state index is 12.6. The molecule has 1 aromatic carbocycles. The molecule has 6 heteroatoms. The zero-order valence-corrected chi connectivity index (χ0v) is 20.5. The lowest BCUT2D eigenvalue weighted by Gasteiger charge is -2.40. The van der Waals surface area contributed by atoms with Crippen LogP contribution in [0.15, 0.2) is 30.9 Å². The highest BCUT2D eigenvalue weighted by Gasteiger charge is 2.48. The Morgan fingerprint density at radius 1 is 1.43 bits per heavy atom. The van der Waals surface area contributed by atoms with Crippen molar-refractivity contribution in [2.75, 3.05) is 13.7 Å². The van der Waals surface area contributed by atoms with Crippen LogP contribution in [0.5, 0.6) is 5.75 Å². The van der Waals surface area contributed by atoms with E-state index in [0.717, 1.165) is 25.7 Å². The number of carbonyl (C=O) groups excluding carboxylic acids is 1. The van der Waals surface area contributed by atoms with Gasteiger partial charge in [0.15, 0.2) is 0 Å². The first-order valence-electron chi connectivity index (χ1n) is 10.6. The highest BCUT2D eigenvalue weighted by atomic mass is 35.5. The Bertz CT molecular complexity index is 702. The van der Waals surface area contributed by atoms with Gasteiger partial charge in [-0.3, -0.25) is 4.79 Å². The highest BCUT2D eigenvalue weighted by molar-refractivity contribution is 6.35. The van der Waals surface area contributed by atoms with Gasteiger partial charge in [0.1, 0.15) is 5.75 Å². The molecule has 1 aliphatic rings. The number of halogens is 2. The number of hydrogen-bond donors (Lipinski definition) is 1. The smallest absolute Gasteiger partial charge is 0.222 e. The Morgan fingerprint density at radius 2 is 2.07 bits per heavy atom. The molecule has 1 N–H and O–H groups in total. The van der Waals surface area contributed by atoms with E-state index in [2.05, 4.69) is 13.5 Å². The largest absolute Gasteiger partial charge is 0.492 e. The summed E-state index contributed by atoms with van der Waals surface area (Å²) < 4.78 is 5.65. The topological polar surface area (TPSA) is 49.8 Å². The van der Waals surface area contributed by atoms with Gasteiger partial charge in [0.05, 0.1) is 17.2 Å². The Labute approximate surface area is 192 Å². The first kappa shape index (κ1) is 26.8. The lowest BCUT2D eigenvalue weighted by Crippen LogP contribution is -2.43. The molecule has 1 aromatic rings. The average Bonchev–Trinajstić information content (AvgIpc) is 3.12. The minimum atomic E-state index is -0.730. The summed E-state index contributed by atoms with van der Waals surface area (Å²) in [5.74, 6) is 0.698. The number of ether oxygens (including phenoxy) is 1. The number of carbonyl (C=O) groups is 1. The van der Waals surface area contributed by atoms with E-state index in [1.54, 1.807) is 24.3 Å². The Balaban J connectivity index is 0.00000141. The molecule has 0 radical (unpaired) electrons. The third-order valence-electron chi connectivity index (χ3n) is 6.18. The molecule has 1 amide bonds. The van der Waals surface area contributed by atoms with Gasteiger partial charge in [-0.1, -0.05) is 36.2 Å². The predicted octanol–water partition coefficient (Wildman–Crippen LogP) is 6.52. The summed E-state index contributed by atoms with van der Waals surface area (Å²) >= 11 is 11.9. The third-order valence-corrected chi connectivity index (χ3v) is 6.72. The van der Waals surface area contributed by atoms with Crippen molar-refractivity contribution in [1.82, 2.24) is 4.90 Å². The minimum Gasteiger partial charge on any atom is -0.492 e. The SMILES string of the molecule is C=CC.CCC1(C(C)(C)O)CCC(N(C)C(=O)CCCOc2ccc(Cl)cc2Cl)C1. The fourth-order valence-electron chi connectivity index (χ4n) is 4.12. The molecule has 0 spiro atoms. The average molecular weight is 458 g/mol. The molecule has 1 fully saturated rings. The standard InChI is InChI=1S/C21H31Cl2NO3.C3H6/c1-5-21(20(2,3)26)11-10-16(14-21)24(4)19(25)7-6-12-27-18-9-8-15(22)13-17(18)23;1-3-2/h8-9,13,16,26H,5-7,10-12,14H2,1-4H3;3H,1H2,2H3. The summed E-state index contributed by atoms with van der Waals surface area (Å²) in [5, 5.41) is 11.6. The van der Waals surface area contributed by atoms with Crippen LogP contribution in [-0.4, -0.2) is 41.2 Å². The van der Waals surface area contributed by atoms with E-state index in [-0.39, 0.29) is 17.4 Å². The van der Waals surface area contributed by atoms with Crippen LogP contribution in [-0.2, 0) is 4.79 Å². The maximum absolute atomic E-state index is 12.6. The number of hydrogen-bond acceptors (Lipinski definition) is 3. The monoisotopic (exact) mass is 457 g/mol. The molecule has 0 aliphatic heterocycles. The minimum absolute atomic E-state index is 0.110. The second-order valence-electron chi connectivity index (χ2n) is 8.53. The van der Waals surface area contributed by atoms with E-state index in [4.69, 9.17) is 27.9 Å². The molecule has 4 nitrogen and oxygen atoms in total. The van der Waals surface area contributed by atoms with Crippen LogP contribution >= 0.6 is 23.2 Å². The molecule has 170 valence electrons. The zero-order chi connectivity index (χ0) is 22.9. The summed E-state index contributed by atoms with van der Waals surface area (Å²) in [6, 6.07) is 5.29. The summed E-state index contributed by atoms with van der Waals surface area (Å²) in [6.07, 6.45) is 6.47. The predicted molar refractivity (Wildman–Crippen MR) is 126 cm³/mol. The van der Waals surface area contributed by atoms with Crippen LogP contribution in [0, 0.1) is 5.41 Å². The maximum Gasteiger partial charge on any atom is 0.222 e. The molecular formula is C24H37Cl2NO3. The van der Waals surface area contributed by atoms with Crippen LogP contribution in [0.25, 0.3) is 0 Å². The van der Waals surface area contributed by atoms with Gasteiger partial charge < -0.3 is 14.7 Å². The van der Waals surface area contributed by atoms with E-state index in [9.17, 15) is 9.90 Å². The summed E-state index contributed by atoms with van der Waals surface area (Å²) in [6.45, 7) is 11.6. The quantitative estimate of drug-likeness (QED) is 0.356. The van der Waals surface area contributed by atoms with E-state index in [1.807, 2.05) is 32.7 Å². The number of nitrogens with zero attached hydrogens (tertiary/aromatic N) is 1. The highest BCUT2D eigenvalue weighted by Crippen LogP contribution is 2.50. The van der Waals surface area contributed by atoms with Crippen LogP contribution < -0.4 is 4.74 Å². The molecule has 0 heterocycles. The van der Waals surface area contributed by atoms with Gasteiger partial charge in [-0.15, -0.1) is 6.58 Å². The van der Waals surface area contributed by atoms with Gasteiger partial charge in [0.25, 0.3) is 0 Å². The first-order valence-corrected chi connectivity index (χ1v) is 11.4. The van der Waals surface area contributed by atoms with Crippen molar-refractivity contribution < 1.29 is 14.6 Å². The number of aliphatic hydroxyl groups is 1. The second kappa shape index (κ2) is 12.0. The van der Waals surface area contributed by atoms with Crippen LogP contribution in [0.4, 0.5) is 0 Å². The van der Waals surface area contributed by atoms with Crippen molar-refractivity contribution >= 4 is 29.1 Å². The van der Waals surface area contributed by atoms with E-state index in [0.29, 0.717) is 35.2 Å². The van der Waals surface area contributed by atoms with Gasteiger partial charge >= 0.3 is 0 Å². The summed E-state index contributed by atoms with van der Waals surface area (Å²) in [4.78, 5) is 14.4. The molecule has 1 aliphatic carbocycles. The molecule has 0 saturated heterocycles. The van der Waals surface area contributed by atoms with Gasteiger partial charge in [-0.2, -0.15) is 0 Å². The second-order valence-corrected chi connectivity index (χ2v) is 9.37. The molecule has 2 unspecified atom stereocenters. The Hall–Kier alpha value is -1.23. The number of benzene rings is 1. The van der Waals surface area contributed by atoms with Gasteiger partial charge in [0.2, 0.25) is 5.91 Å². The van der Waals surface area contributed by atoms with E-state index < -0.39 is 5.60 Å². The van der Waals surface area contributed by atoms with Gasteiger partial charge in [-0.25, -0.2) is 0 Å². The normalized spacial score (nSPS) is 20.9. The molecule has 0 aromatic heterocycles. The van der Waals surface area contributed by atoms with E-state index >= 15 is 0 Å². The first-order chi connectivity index (χ1) is 14.0. The van der Waals surface area contributed by atoms with Gasteiger partial charge in [-0.05, 0) is 71.1 Å². The Morgan fingerprint density at radius 3 is 2.57 bits per heavy atom. The van der Waals surface area contributed by atoms with Crippen molar-refractivity contribution in [1.29, 1.82) is 0 Å².